The number of aromatic nitrogens is 4. The Balaban J connectivity index is 0.0000104. The number of ether oxygens (including phenoxy) is 8. The van der Waals surface area contributed by atoms with Crippen LogP contribution in [0.4, 0.5) is 0 Å². The topological polar surface area (TPSA) is 196 Å². The summed E-state index contributed by atoms with van der Waals surface area (Å²) in [7, 11) is -1.89. The molecule has 0 atom stereocenters. The average Bonchev–Trinajstić information content (AvgIpc) is 4.54. The maximum Gasteiger partial charge on any atom is 2.00 e. The fourth-order valence-corrected chi connectivity index (χ4v) is 9.91. The fraction of sp³-hybridized carbons (Fsp3) is 0.343. The van der Waals surface area contributed by atoms with Gasteiger partial charge in [-0.05, 0) is 119 Å². The first-order valence-electron chi connectivity index (χ1n) is 28.8. The van der Waals surface area contributed by atoms with Crippen molar-refractivity contribution in [2.24, 2.45) is 0 Å². The molecular weight excluding hydrogens is 1150 g/mol. The van der Waals surface area contributed by atoms with Gasteiger partial charge in [0.2, 0.25) is 0 Å². The van der Waals surface area contributed by atoms with E-state index in [-0.39, 0.29) is 122 Å². The molecule has 85 heavy (non-hydrogen) atoms. The van der Waals surface area contributed by atoms with Crippen LogP contribution < -0.4 is 28.9 Å². The molecule has 0 spiro atoms. The van der Waals surface area contributed by atoms with Gasteiger partial charge < -0.3 is 47.9 Å². The minimum atomic E-state index is -1.89. The maximum atomic E-state index is 12.4. The van der Waals surface area contributed by atoms with Crippen LogP contribution in [0.5, 0.6) is 23.0 Å². The summed E-state index contributed by atoms with van der Waals surface area (Å²) >= 11 is 0. The molecular formula is C67H72N4O12SiZn. The van der Waals surface area contributed by atoms with Crippen LogP contribution in [0.15, 0.2) is 91.0 Å². The third-order valence-electron chi connectivity index (χ3n) is 13.0. The van der Waals surface area contributed by atoms with E-state index in [0.29, 0.717) is 121 Å². The van der Waals surface area contributed by atoms with Crippen LogP contribution in [0.25, 0.3) is 79.8 Å². The van der Waals surface area contributed by atoms with Gasteiger partial charge in [0.15, 0.2) is 0 Å². The van der Waals surface area contributed by atoms with Gasteiger partial charge in [0, 0.05) is 42.4 Å². The van der Waals surface area contributed by atoms with Crippen molar-refractivity contribution in [3.05, 3.63) is 119 Å². The molecule has 0 N–H and O–H groups in total. The fourth-order valence-electron chi connectivity index (χ4n) is 9.40. The van der Waals surface area contributed by atoms with E-state index in [0.717, 1.165) is 11.1 Å². The minimum Gasteiger partial charge on any atom is -0.657 e. The number of nitrogens with zero attached hydrogens (tertiary/aromatic N) is 4. The predicted octanol–water partition coefficient (Wildman–Crippen LogP) is 13.0. The van der Waals surface area contributed by atoms with Crippen molar-refractivity contribution in [3.8, 4) is 67.8 Å². The van der Waals surface area contributed by atoms with Gasteiger partial charge in [-0.25, -0.2) is 9.97 Å². The van der Waals surface area contributed by atoms with Crippen LogP contribution in [0.3, 0.4) is 0 Å². The number of rotatable bonds is 27. The molecule has 438 valence electrons. The molecule has 18 heteroatoms. The van der Waals surface area contributed by atoms with Crippen molar-refractivity contribution in [3.63, 3.8) is 0 Å². The van der Waals surface area contributed by atoms with E-state index in [4.69, 9.17) is 57.8 Å². The number of hydrogen-bond acceptors (Lipinski definition) is 14. The molecule has 8 bridgehead atoms. The maximum absolute atomic E-state index is 12.4. The number of fused-ring (bicyclic) bond motifs is 8. The normalized spacial score (nSPS) is 11.4. The Morgan fingerprint density at radius 2 is 0.859 bits per heavy atom. The van der Waals surface area contributed by atoms with Gasteiger partial charge in [-0.15, -0.1) is 27.6 Å². The molecule has 0 saturated carbocycles. The Bertz CT molecular complexity index is 3460. The molecule has 8 rings (SSSR count). The predicted molar refractivity (Wildman–Crippen MR) is 329 cm³/mol. The van der Waals surface area contributed by atoms with Crippen molar-refractivity contribution >= 4 is 78.3 Å². The van der Waals surface area contributed by atoms with Gasteiger partial charge in [-0.2, -0.15) is 0 Å². The molecule has 0 fully saturated rings. The van der Waals surface area contributed by atoms with Crippen molar-refractivity contribution in [1.29, 1.82) is 0 Å². The zero-order chi connectivity index (χ0) is 59.4. The molecule has 16 nitrogen and oxygen atoms in total. The molecule has 0 saturated heterocycles. The van der Waals surface area contributed by atoms with E-state index in [9.17, 15) is 19.2 Å². The van der Waals surface area contributed by atoms with Crippen LogP contribution in [0.1, 0.15) is 107 Å². The second-order valence-electron chi connectivity index (χ2n) is 20.5. The average molecular weight is 1220 g/mol. The summed E-state index contributed by atoms with van der Waals surface area (Å²) in [6, 6.07) is 28.8. The molecule has 2 aliphatic rings. The standard InChI is InChI=1S/C67H72N4O12Si.Zn/c1-8-76-59(72)26-16-39-80-55-22-14-23-56(81-40-17-27-60(73)77-9-2)66(55)64-51-32-30-46(68-51)44-47-31-33-52(69-47)65(67-57(82-41-18-28-61(74)78-10-3)24-15-25-58(67)83-42-19-29-62(75)79-11-4)54-37-35-50(71-54)63(49-34-36-53(64)70-49)48-21-13-12-20-45(48)38-43-84(5,6)7;/h12-15,20-25,30-37,44H,8-11,16-19,26-29,39-42H2,1-7H3;/q-2;+2. The first kappa shape index (κ1) is 64.3. The van der Waals surface area contributed by atoms with Gasteiger partial charge in [-0.1, -0.05) is 86.2 Å². The Kier molecular flexibility index (Phi) is 23.9. The zero-order valence-electron chi connectivity index (χ0n) is 49.7. The molecule has 2 aliphatic heterocycles. The molecule has 3 aromatic heterocycles. The second kappa shape index (κ2) is 31.6. The molecule has 0 radical (unpaired) electrons. The molecule has 3 aromatic carbocycles. The minimum absolute atomic E-state index is 0. The van der Waals surface area contributed by atoms with Crippen molar-refractivity contribution < 1.29 is 76.6 Å². The summed E-state index contributed by atoms with van der Waals surface area (Å²) in [5.74, 6) is 4.18. The summed E-state index contributed by atoms with van der Waals surface area (Å²) in [4.78, 5) is 71.3. The summed E-state index contributed by atoms with van der Waals surface area (Å²) in [5.41, 5.74) is 12.9. The van der Waals surface area contributed by atoms with E-state index in [1.54, 1.807) is 27.7 Å². The number of hydrogen-bond donors (Lipinski definition) is 0. The quantitative estimate of drug-likeness (QED) is 0.0155. The Morgan fingerprint density at radius 3 is 1.32 bits per heavy atom. The Morgan fingerprint density at radius 1 is 0.459 bits per heavy atom. The van der Waals surface area contributed by atoms with Gasteiger partial charge in [0.1, 0.15) is 31.1 Å². The molecule has 0 amide bonds. The third kappa shape index (κ3) is 17.7. The smallest absolute Gasteiger partial charge is 0.657 e. The third-order valence-corrected chi connectivity index (χ3v) is 13.9. The monoisotopic (exact) mass is 1220 g/mol. The zero-order valence-corrected chi connectivity index (χ0v) is 53.6. The van der Waals surface area contributed by atoms with E-state index in [1.807, 2.05) is 115 Å². The van der Waals surface area contributed by atoms with E-state index in [2.05, 4.69) is 31.1 Å². The van der Waals surface area contributed by atoms with Gasteiger partial charge in [0.05, 0.1) is 86.8 Å². The molecule has 6 aromatic rings. The van der Waals surface area contributed by atoms with Crippen LogP contribution >= 0.6 is 0 Å². The molecule has 0 aliphatic carbocycles. The van der Waals surface area contributed by atoms with Crippen molar-refractivity contribution in [2.45, 2.75) is 98.7 Å². The molecule has 0 unspecified atom stereocenters. The molecule has 5 heterocycles. The summed E-state index contributed by atoms with van der Waals surface area (Å²) < 4.78 is 47.2. The van der Waals surface area contributed by atoms with Gasteiger partial charge in [-0.3, -0.25) is 19.2 Å². The summed E-state index contributed by atoms with van der Waals surface area (Å²) in [6.07, 6.45) is 10.0. The van der Waals surface area contributed by atoms with E-state index < -0.39 is 8.07 Å². The van der Waals surface area contributed by atoms with Crippen molar-refractivity contribution in [2.75, 3.05) is 52.9 Å². The van der Waals surface area contributed by atoms with Crippen LogP contribution in [0, 0.1) is 11.5 Å². The number of benzene rings is 3. The van der Waals surface area contributed by atoms with Crippen molar-refractivity contribution in [1.82, 2.24) is 19.9 Å². The number of carbonyl (C=O) groups excluding carboxylic acids is 4. The second-order valence-corrected chi connectivity index (χ2v) is 25.3. The first-order chi connectivity index (χ1) is 40.8. The van der Waals surface area contributed by atoms with Crippen LogP contribution in [-0.4, -0.2) is 94.8 Å². The van der Waals surface area contributed by atoms with Crippen LogP contribution in [-0.2, 0) is 57.6 Å². The largest absolute Gasteiger partial charge is 2.00 e. The summed E-state index contributed by atoms with van der Waals surface area (Å²) in [5, 5.41) is 0. The Hall–Kier alpha value is -8.26. The number of carbonyl (C=O) groups is 4. The van der Waals surface area contributed by atoms with E-state index in [1.165, 1.54) is 0 Å². The van der Waals surface area contributed by atoms with Gasteiger partial charge in [0.25, 0.3) is 0 Å². The SMILES string of the molecule is CCOC(=O)CCCOc1cccc(OCCCC(=O)OCC)c1-c1c2nc(c(-c3ccccc3C#C[Si](C)(C)C)c3ccc([n-]3)c(-c3c(OCCCC(=O)OCC)cccc3OCCCC(=O)OCC)c3nc(cc4ccc1[n-]4)C=C3)C=C2.[Zn+2]. The van der Waals surface area contributed by atoms with Crippen LogP contribution in [0.2, 0.25) is 19.6 Å². The summed E-state index contributed by atoms with van der Waals surface area (Å²) in [6.45, 7) is 15.6. The Labute approximate surface area is 510 Å². The first-order valence-corrected chi connectivity index (χ1v) is 32.3. The van der Waals surface area contributed by atoms with E-state index >= 15 is 0 Å². The number of esters is 4. The van der Waals surface area contributed by atoms with Gasteiger partial charge >= 0.3 is 43.4 Å².